The molecule has 2 fully saturated rings. The van der Waals surface area contributed by atoms with Gasteiger partial charge in [-0.25, -0.2) is 21.6 Å². The van der Waals surface area contributed by atoms with Crippen LogP contribution in [0, 0.1) is 0 Å². The number of halogens is 3. The van der Waals surface area contributed by atoms with Gasteiger partial charge in [-0.3, -0.25) is 4.79 Å². The standard InChI is InChI=1S/C23H26F3N3O5S2/c24-23(25,26)19-15-18(35(31,32)17-5-2-1-3-6-17)8-9-21(19)36(33,34)28-16-10-13-29(14-11-16)22(30)20-7-4-12-27-20/h1-3,5-6,8-9,15-16,20,27-28H,4,7,10-14H2/t20-/m1/s1. The third-order valence-corrected chi connectivity index (χ3v) is 9.74. The maximum absolute atomic E-state index is 13.9. The van der Waals surface area contributed by atoms with E-state index in [0.29, 0.717) is 12.1 Å². The van der Waals surface area contributed by atoms with Crippen LogP contribution in [0.1, 0.15) is 31.2 Å². The van der Waals surface area contributed by atoms with Crippen molar-refractivity contribution in [1.82, 2.24) is 14.9 Å². The molecule has 2 N–H and O–H groups in total. The number of nitrogens with zero attached hydrogens (tertiary/aromatic N) is 1. The van der Waals surface area contributed by atoms with Crippen LogP contribution in [0.3, 0.4) is 0 Å². The van der Waals surface area contributed by atoms with Gasteiger partial charge in [0.05, 0.1) is 26.3 Å². The van der Waals surface area contributed by atoms with E-state index in [-0.39, 0.29) is 42.8 Å². The number of sulfonamides is 1. The Balaban J connectivity index is 1.54. The first kappa shape index (κ1) is 26.6. The molecular weight excluding hydrogens is 519 g/mol. The molecule has 1 amide bonds. The summed E-state index contributed by atoms with van der Waals surface area (Å²) < 4.78 is 95.5. The van der Waals surface area contributed by atoms with Crippen LogP contribution in [0.15, 0.2) is 63.2 Å². The lowest BCUT2D eigenvalue weighted by atomic mass is 10.0. The van der Waals surface area contributed by atoms with Crippen LogP contribution in [0.2, 0.25) is 0 Å². The summed E-state index contributed by atoms with van der Waals surface area (Å²) in [5.74, 6) is -0.0524. The predicted molar refractivity (Wildman–Crippen MR) is 124 cm³/mol. The highest BCUT2D eigenvalue weighted by Gasteiger charge is 2.40. The van der Waals surface area contributed by atoms with Gasteiger partial charge < -0.3 is 10.2 Å². The lowest BCUT2D eigenvalue weighted by molar-refractivity contribution is -0.140. The van der Waals surface area contributed by atoms with Crippen LogP contribution in [0.5, 0.6) is 0 Å². The number of alkyl halides is 3. The number of hydrogen-bond donors (Lipinski definition) is 2. The molecule has 2 saturated heterocycles. The van der Waals surface area contributed by atoms with E-state index in [9.17, 15) is 34.8 Å². The van der Waals surface area contributed by atoms with E-state index in [2.05, 4.69) is 10.0 Å². The summed E-state index contributed by atoms with van der Waals surface area (Å²) in [5.41, 5.74) is -1.56. The zero-order valence-corrected chi connectivity index (χ0v) is 20.8. The predicted octanol–water partition coefficient (Wildman–Crippen LogP) is 2.56. The fourth-order valence-electron chi connectivity index (χ4n) is 4.48. The third-order valence-electron chi connectivity index (χ3n) is 6.40. The van der Waals surface area contributed by atoms with Crippen molar-refractivity contribution in [2.45, 2.75) is 58.6 Å². The second-order valence-corrected chi connectivity index (χ2v) is 12.5. The fourth-order valence-corrected chi connectivity index (χ4v) is 7.30. The summed E-state index contributed by atoms with van der Waals surface area (Å²) in [6.07, 6.45) is -2.98. The summed E-state index contributed by atoms with van der Waals surface area (Å²) in [5, 5.41) is 3.12. The molecule has 0 unspecified atom stereocenters. The lowest BCUT2D eigenvalue weighted by Gasteiger charge is -2.33. The van der Waals surface area contributed by atoms with E-state index in [0.717, 1.165) is 25.5 Å². The minimum Gasteiger partial charge on any atom is -0.341 e. The fraction of sp³-hybridized carbons (Fsp3) is 0.435. The largest absolute Gasteiger partial charge is 0.417 e. The molecule has 13 heteroatoms. The van der Waals surface area contributed by atoms with Gasteiger partial charge in [-0.15, -0.1) is 0 Å². The summed E-state index contributed by atoms with van der Waals surface area (Å²) in [6, 6.07) is 7.90. The van der Waals surface area contributed by atoms with Gasteiger partial charge >= 0.3 is 6.18 Å². The van der Waals surface area contributed by atoms with Gasteiger partial charge in [-0.05, 0) is 62.6 Å². The Labute approximate surface area is 207 Å². The quantitative estimate of drug-likeness (QED) is 0.577. The number of benzene rings is 2. The number of nitrogens with one attached hydrogen (secondary N) is 2. The normalized spacial score (nSPS) is 20.0. The average molecular weight is 546 g/mol. The molecule has 0 spiro atoms. The number of carbonyl (C=O) groups excluding carboxylic acids is 1. The average Bonchev–Trinajstić information content (AvgIpc) is 3.38. The summed E-state index contributed by atoms with van der Waals surface area (Å²) >= 11 is 0. The van der Waals surface area contributed by atoms with Crippen molar-refractivity contribution in [3.8, 4) is 0 Å². The van der Waals surface area contributed by atoms with Crippen LogP contribution in [-0.2, 0) is 30.8 Å². The Kier molecular flexibility index (Phi) is 7.47. The van der Waals surface area contributed by atoms with Crippen LogP contribution in [0.4, 0.5) is 13.2 Å². The van der Waals surface area contributed by atoms with Gasteiger partial charge in [0.25, 0.3) is 0 Å². The molecule has 0 aromatic heterocycles. The van der Waals surface area contributed by atoms with E-state index >= 15 is 0 Å². The molecule has 2 heterocycles. The topological polar surface area (TPSA) is 113 Å². The van der Waals surface area contributed by atoms with Crippen molar-refractivity contribution < 1.29 is 34.8 Å². The highest BCUT2D eigenvalue weighted by atomic mass is 32.2. The van der Waals surface area contributed by atoms with E-state index in [1.807, 2.05) is 0 Å². The van der Waals surface area contributed by atoms with Gasteiger partial charge in [-0.2, -0.15) is 13.2 Å². The molecule has 0 aliphatic carbocycles. The molecule has 2 aromatic rings. The zero-order valence-electron chi connectivity index (χ0n) is 19.2. The van der Waals surface area contributed by atoms with Crippen molar-refractivity contribution in [3.63, 3.8) is 0 Å². The van der Waals surface area contributed by atoms with Crippen molar-refractivity contribution in [3.05, 3.63) is 54.1 Å². The van der Waals surface area contributed by atoms with Crippen molar-refractivity contribution in [2.75, 3.05) is 19.6 Å². The molecule has 4 rings (SSSR count). The minimum absolute atomic E-state index is 0.0524. The maximum atomic E-state index is 13.9. The molecule has 196 valence electrons. The monoisotopic (exact) mass is 545 g/mol. The SMILES string of the molecule is O=C([C@H]1CCCN1)N1CCC(NS(=O)(=O)c2ccc(S(=O)(=O)c3ccccc3)cc2C(F)(F)F)CC1. The van der Waals surface area contributed by atoms with Crippen molar-refractivity contribution in [1.29, 1.82) is 0 Å². The van der Waals surface area contributed by atoms with E-state index in [1.54, 1.807) is 11.0 Å². The number of hydrogen-bond acceptors (Lipinski definition) is 6. The molecule has 2 aliphatic rings. The highest BCUT2D eigenvalue weighted by molar-refractivity contribution is 7.91. The number of carbonyl (C=O) groups is 1. The summed E-state index contributed by atoms with van der Waals surface area (Å²) in [4.78, 5) is 12.3. The highest BCUT2D eigenvalue weighted by Crippen LogP contribution is 2.37. The van der Waals surface area contributed by atoms with E-state index in [4.69, 9.17) is 0 Å². The number of piperidine rings is 1. The Morgan fingerprint density at radius 2 is 1.61 bits per heavy atom. The second kappa shape index (κ2) is 10.1. The first-order chi connectivity index (χ1) is 16.9. The molecule has 2 aliphatic heterocycles. The lowest BCUT2D eigenvalue weighted by Crippen LogP contribution is -2.50. The van der Waals surface area contributed by atoms with Crippen LogP contribution in [-0.4, -0.2) is 59.4 Å². The smallest absolute Gasteiger partial charge is 0.341 e. The molecular formula is C23H26F3N3O5S2. The molecule has 0 saturated carbocycles. The molecule has 1 atom stereocenters. The molecule has 0 bridgehead atoms. The number of amides is 1. The molecule has 0 radical (unpaired) electrons. The van der Waals surface area contributed by atoms with E-state index < -0.39 is 47.4 Å². The zero-order chi connectivity index (χ0) is 26.1. The van der Waals surface area contributed by atoms with Crippen LogP contribution in [0.25, 0.3) is 0 Å². The second-order valence-electron chi connectivity index (χ2n) is 8.84. The molecule has 36 heavy (non-hydrogen) atoms. The van der Waals surface area contributed by atoms with E-state index in [1.165, 1.54) is 24.3 Å². The van der Waals surface area contributed by atoms with Crippen LogP contribution >= 0.6 is 0 Å². The summed E-state index contributed by atoms with van der Waals surface area (Å²) in [6.45, 7) is 1.33. The first-order valence-corrected chi connectivity index (χ1v) is 14.4. The van der Waals surface area contributed by atoms with Gasteiger partial charge in [0, 0.05) is 19.1 Å². The van der Waals surface area contributed by atoms with Gasteiger partial charge in [0.15, 0.2) is 0 Å². The van der Waals surface area contributed by atoms with Crippen LogP contribution < -0.4 is 10.0 Å². The Morgan fingerprint density at radius 1 is 0.944 bits per heavy atom. The van der Waals surface area contributed by atoms with Crippen molar-refractivity contribution in [2.24, 2.45) is 0 Å². The van der Waals surface area contributed by atoms with Gasteiger partial charge in [-0.1, -0.05) is 18.2 Å². The Hall–Kier alpha value is -2.48. The Bertz CT molecular complexity index is 1320. The number of likely N-dealkylation sites (tertiary alicyclic amines) is 1. The number of rotatable bonds is 6. The first-order valence-electron chi connectivity index (χ1n) is 11.5. The molecule has 8 nitrogen and oxygen atoms in total. The molecule has 2 aromatic carbocycles. The van der Waals surface area contributed by atoms with Gasteiger partial charge in [0.2, 0.25) is 25.8 Å². The van der Waals surface area contributed by atoms with Crippen molar-refractivity contribution >= 4 is 25.8 Å². The minimum atomic E-state index is -5.11. The summed E-state index contributed by atoms with van der Waals surface area (Å²) in [7, 11) is -8.93. The Morgan fingerprint density at radius 3 is 2.19 bits per heavy atom. The maximum Gasteiger partial charge on any atom is 0.417 e. The third kappa shape index (κ3) is 5.58. The number of sulfone groups is 1. The van der Waals surface area contributed by atoms with Gasteiger partial charge in [0.1, 0.15) is 0 Å².